The molecule has 4 heterocycles. The number of aldehydes is 1. The van der Waals surface area contributed by atoms with Crippen LogP contribution in [-0.4, -0.2) is 103 Å². The minimum absolute atomic E-state index is 0.0863. The third kappa shape index (κ3) is 9.56. The van der Waals surface area contributed by atoms with E-state index in [9.17, 15) is 4.79 Å². The number of ether oxygens (including phenoxy) is 2. The number of aliphatic hydroxyl groups excluding tert-OH is 1. The lowest BCUT2D eigenvalue weighted by Gasteiger charge is -2.31. The number of pyridine rings is 1. The van der Waals surface area contributed by atoms with Crippen LogP contribution in [0.4, 0.5) is 5.95 Å². The molecule has 0 radical (unpaired) electrons. The van der Waals surface area contributed by atoms with Crippen molar-refractivity contribution in [1.29, 1.82) is 0 Å². The van der Waals surface area contributed by atoms with E-state index in [1.54, 1.807) is 25.6 Å². The zero-order valence-electron chi connectivity index (χ0n) is 25.0. The van der Waals surface area contributed by atoms with Gasteiger partial charge in [0.15, 0.2) is 5.75 Å². The molecule has 0 bridgehead atoms. The van der Waals surface area contributed by atoms with Crippen LogP contribution in [0.3, 0.4) is 0 Å². The second kappa shape index (κ2) is 16.3. The molecule has 0 amide bonds. The summed E-state index contributed by atoms with van der Waals surface area (Å²) in [7, 11) is 4.83. The highest BCUT2D eigenvalue weighted by molar-refractivity contribution is 6.35. The van der Waals surface area contributed by atoms with Crippen LogP contribution in [0.5, 0.6) is 11.6 Å². The molecule has 2 aromatic heterocycles. The quantitative estimate of drug-likeness (QED) is 0.331. The molecular formula is C31H40Cl2N6O4. The van der Waals surface area contributed by atoms with Crippen LogP contribution in [0.1, 0.15) is 24.8 Å². The number of rotatable bonds is 9. The molecule has 10 nitrogen and oxygen atoms in total. The number of nitrogens with zero attached hydrogens (tertiary/aromatic N) is 6. The number of benzene rings is 1. The van der Waals surface area contributed by atoms with Gasteiger partial charge in [0.25, 0.3) is 0 Å². The summed E-state index contributed by atoms with van der Waals surface area (Å²) in [5.41, 5.74) is 2.59. The smallest absolute Gasteiger partial charge is 0.225 e. The molecule has 43 heavy (non-hydrogen) atoms. The van der Waals surface area contributed by atoms with Crippen molar-refractivity contribution in [3.05, 3.63) is 58.3 Å². The van der Waals surface area contributed by atoms with E-state index in [1.165, 1.54) is 0 Å². The van der Waals surface area contributed by atoms with Crippen molar-refractivity contribution in [2.45, 2.75) is 31.9 Å². The van der Waals surface area contributed by atoms with Crippen molar-refractivity contribution in [2.75, 3.05) is 65.4 Å². The number of anilines is 1. The number of aromatic nitrogens is 3. The van der Waals surface area contributed by atoms with E-state index in [4.69, 9.17) is 42.8 Å². The average Bonchev–Trinajstić information content (AvgIpc) is 3.20. The van der Waals surface area contributed by atoms with E-state index in [-0.39, 0.29) is 6.10 Å². The topological polar surface area (TPSA) is 104 Å². The molecule has 1 unspecified atom stereocenters. The summed E-state index contributed by atoms with van der Waals surface area (Å²) in [5.74, 6) is 2.06. The lowest BCUT2D eigenvalue weighted by atomic mass is 9.94. The average molecular weight is 632 g/mol. The van der Waals surface area contributed by atoms with E-state index < -0.39 is 0 Å². The molecule has 2 fully saturated rings. The molecule has 2 aliphatic heterocycles. The minimum Gasteiger partial charge on any atom is -0.436 e. The van der Waals surface area contributed by atoms with Gasteiger partial charge in [-0.3, -0.25) is 4.90 Å². The van der Waals surface area contributed by atoms with Gasteiger partial charge >= 0.3 is 0 Å². The second-order valence-corrected chi connectivity index (χ2v) is 11.7. The highest BCUT2D eigenvalue weighted by atomic mass is 35.5. The Labute approximate surface area is 263 Å². The van der Waals surface area contributed by atoms with Crippen molar-refractivity contribution in [1.82, 2.24) is 24.8 Å². The first-order valence-electron chi connectivity index (χ1n) is 14.4. The number of piperidine rings is 1. The van der Waals surface area contributed by atoms with Crippen molar-refractivity contribution in [3.63, 3.8) is 0 Å². The molecule has 2 saturated heterocycles. The fourth-order valence-electron chi connectivity index (χ4n) is 5.43. The van der Waals surface area contributed by atoms with Gasteiger partial charge in [-0.2, -0.15) is 0 Å². The summed E-state index contributed by atoms with van der Waals surface area (Å²) in [6.45, 7) is 5.95. The van der Waals surface area contributed by atoms with Crippen LogP contribution in [0.15, 0.2) is 42.7 Å². The van der Waals surface area contributed by atoms with Gasteiger partial charge in [0.1, 0.15) is 6.29 Å². The Kier molecular flexibility index (Phi) is 12.5. The van der Waals surface area contributed by atoms with Crippen LogP contribution in [0, 0.1) is 5.92 Å². The van der Waals surface area contributed by atoms with E-state index >= 15 is 0 Å². The molecular weight excluding hydrogens is 591 g/mol. The van der Waals surface area contributed by atoms with Crippen LogP contribution in [-0.2, 0) is 16.1 Å². The van der Waals surface area contributed by atoms with Gasteiger partial charge in [0.05, 0.1) is 24.2 Å². The molecule has 3 aromatic rings. The molecule has 0 spiro atoms. The SMILES string of the molecule is CO.COC1CN(C)CCN(c2ncc(Oc3cc(CN4CCC(CC=O)CC4)cc(-c4cc(Cl)cc(Cl)c4)n3)cn2)C1. The Balaban J connectivity index is 0.00000207. The predicted molar refractivity (Wildman–Crippen MR) is 169 cm³/mol. The zero-order chi connectivity index (χ0) is 30.8. The second-order valence-electron chi connectivity index (χ2n) is 10.9. The Morgan fingerprint density at radius 3 is 2.33 bits per heavy atom. The van der Waals surface area contributed by atoms with Gasteiger partial charge in [0, 0.05) is 75.0 Å². The minimum atomic E-state index is 0.0863. The number of hydrogen-bond acceptors (Lipinski definition) is 10. The molecule has 5 rings (SSSR count). The number of likely N-dealkylation sites (tertiary alicyclic amines) is 1. The summed E-state index contributed by atoms with van der Waals surface area (Å²) in [5, 5.41) is 8.08. The van der Waals surface area contributed by atoms with Crippen LogP contribution in [0.25, 0.3) is 11.3 Å². The van der Waals surface area contributed by atoms with Crippen molar-refractivity contribution in [2.24, 2.45) is 5.92 Å². The maximum absolute atomic E-state index is 10.9. The number of aliphatic hydroxyl groups is 1. The molecule has 1 atom stereocenters. The summed E-state index contributed by atoms with van der Waals surface area (Å²) < 4.78 is 11.8. The molecule has 12 heteroatoms. The van der Waals surface area contributed by atoms with Crippen molar-refractivity contribution >= 4 is 35.4 Å². The van der Waals surface area contributed by atoms with Gasteiger partial charge < -0.3 is 29.2 Å². The van der Waals surface area contributed by atoms with E-state index in [1.807, 2.05) is 18.2 Å². The van der Waals surface area contributed by atoms with Gasteiger partial charge in [-0.15, -0.1) is 0 Å². The third-order valence-electron chi connectivity index (χ3n) is 7.71. The highest BCUT2D eigenvalue weighted by Gasteiger charge is 2.23. The molecule has 1 N–H and O–H groups in total. The summed E-state index contributed by atoms with van der Waals surface area (Å²) in [6.07, 6.45) is 7.17. The molecule has 232 valence electrons. The molecule has 2 aliphatic rings. The highest BCUT2D eigenvalue weighted by Crippen LogP contribution is 2.31. The fourth-order valence-corrected chi connectivity index (χ4v) is 5.95. The molecule has 0 aliphatic carbocycles. The van der Waals surface area contributed by atoms with Gasteiger partial charge in [-0.25, -0.2) is 15.0 Å². The monoisotopic (exact) mass is 630 g/mol. The first kappa shape index (κ1) is 33.0. The van der Waals surface area contributed by atoms with Crippen LogP contribution >= 0.6 is 23.2 Å². The Morgan fingerprint density at radius 2 is 1.67 bits per heavy atom. The zero-order valence-corrected chi connectivity index (χ0v) is 26.5. The lowest BCUT2D eigenvalue weighted by Crippen LogP contribution is -2.35. The predicted octanol–water partition coefficient (Wildman–Crippen LogP) is 4.81. The Bertz CT molecular complexity index is 1300. The Morgan fingerprint density at radius 1 is 0.977 bits per heavy atom. The summed E-state index contributed by atoms with van der Waals surface area (Å²) in [6, 6.07) is 9.40. The molecule has 0 saturated carbocycles. The number of likely N-dealkylation sites (N-methyl/N-ethyl adjacent to an activating group) is 1. The number of carbonyl (C=O) groups excluding carboxylic acids is 1. The van der Waals surface area contributed by atoms with Crippen molar-refractivity contribution < 1.29 is 19.4 Å². The summed E-state index contributed by atoms with van der Waals surface area (Å²) >= 11 is 12.6. The van der Waals surface area contributed by atoms with Crippen LogP contribution < -0.4 is 9.64 Å². The van der Waals surface area contributed by atoms with Gasteiger partial charge in [-0.05, 0) is 68.7 Å². The van der Waals surface area contributed by atoms with Crippen LogP contribution in [0.2, 0.25) is 10.0 Å². The standard InChI is InChI=1S/C30H36Cl2N6O3.CH4O/c1-36-8-9-38(20-27(19-36)40-2)30-33-16-26(17-34-30)41-29-12-22(18-37-6-3-21(4-7-37)5-10-39)11-28(35-29)23-13-24(31)15-25(32)14-23;1-2/h10-17,21,27H,3-9,18-20H2,1-2H3;2H,1H3. The van der Waals surface area contributed by atoms with E-state index in [0.29, 0.717) is 40.0 Å². The van der Waals surface area contributed by atoms with Crippen molar-refractivity contribution in [3.8, 4) is 22.9 Å². The van der Waals surface area contributed by atoms with Gasteiger partial charge in [-0.1, -0.05) is 23.2 Å². The number of halogens is 2. The third-order valence-corrected chi connectivity index (χ3v) is 8.14. The normalized spacial score (nSPS) is 18.5. The first-order chi connectivity index (χ1) is 20.9. The van der Waals surface area contributed by atoms with E-state index in [0.717, 1.165) is 88.9 Å². The number of methoxy groups -OCH3 is 1. The largest absolute Gasteiger partial charge is 0.436 e. The summed E-state index contributed by atoms with van der Waals surface area (Å²) in [4.78, 5) is 31.7. The maximum Gasteiger partial charge on any atom is 0.225 e. The first-order valence-corrected chi connectivity index (χ1v) is 15.2. The fraction of sp³-hybridized carbons (Fsp3) is 0.484. The van der Waals surface area contributed by atoms with Gasteiger partial charge in [0.2, 0.25) is 11.8 Å². The number of carbonyl (C=O) groups is 1. The number of hydrogen-bond donors (Lipinski definition) is 1. The maximum atomic E-state index is 10.9. The van der Waals surface area contributed by atoms with E-state index in [2.05, 4.69) is 37.8 Å². The Hall–Kier alpha value is -2.86. The lowest BCUT2D eigenvalue weighted by molar-refractivity contribution is -0.108. The molecule has 1 aromatic carbocycles.